The highest BCUT2D eigenvalue weighted by atomic mass is 79.9. The van der Waals surface area contributed by atoms with Gasteiger partial charge >= 0.3 is 6.09 Å². The Bertz CT molecular complexity index is 713. The molecule has 2 aliphatic rings. The van der Waals surface area contributed by atoms with Crippen LogP contribution in [0.1, 0.15) is 32.3 Å². The lowest BCUT2D eigenvalue weighted by molar-refractivity contribution is -0.120. The predicted molar refractivity (Wildman–Crippen MR) is 93.6 cm³/mol. The van der Waals surface area contributed by atoms with Gasteiger partial charge in [-0.2, -0.15) is 0 Å². The Morgan fingerprint density at radius 3 is 2.88 bits per heavy atom. The summed E-state index contributed by atoms with van der Waals surface area (Å²) < 4.78 is 18.8. The minimum Gasteiger partial charge on any atom is -0.449 e. The maximum Gasteiger partial charge on any atom is 0.410 e. The van der Waals surface area contributed by atoms with Gasteiger partial charge in [0.15, 0.2) is 5.82 Å². The number of aryl methyl sites for hydroxylation is 1. The van der Waals surface area contributed by atoms with E-state index in [1.54, 1.807) is 11.8 Å². The van der Waals surface area contributed by atoms with Crippen molar-refractivity contribution in [1.82, 2.24) is 9.88 Å². The number of nitrogens with one attached hydrogen (secondary N) is 1. The fourth-order valence-corrected chi connectivity index (χ4v) is 3.44. The largest absolute Gasteiger partial charge is 0.449 e. The molecule has 1 saturated heterocycles. The van der Waals surface area contributed by atoms with Gasteiger partial charge in [0, 0.05) is 6.04 Å². The van der Waals surface area contributed by atoms with Crippen LogP contribution >= 0.6 is 15.9 Å². The lowest BCUT2D eigenvalue weighted by Gasteiger charge is -2.26. The molecule has 0 radical (unpaired) electrons. The number of anilines is 1. The average Bonchev–Trinajstić information content (AvgIpc) is 3.20. The normalized spacial score (nSPS) is 24.2. The van der Waals surface area contributed by atoms with Gasteiger partial charge < -0.3 is 10.1 Å². The number of rotatable bonds is 4. The van der Waals surface area contributed by atoms with Gasteiger partial charge in [0.25, 0.3) is 0 Å². The molecule has 0 spiro atoms. The van der Waals surface area contributed by atoms with Crippen LogP contribution < -0.4 is 5.32 Å². The molecule has 1 aliphatic heterocycles. The van der Waals surface area contributed by atoms with Crippen molar-refractivity contribution in [3.63, 3.8) is 0 Å². The van der Waals surface area contributed by atoms with Gasteiger partial charge in [-0.25, -0.2) is 14.2 Å². The van der Waals surface area contributed by atoms with Crippen molar-refractivity contribution in [2.24, 2.45) is 11.8 Å². The van der Waals surface area contributed by atoms with E-state index >= 15 is 0 Å². The van der Waals surface area contributed by atoms with E-state index in [0.717, 1.165) is 6.42 Å². The fraction of sp³-hybridized carbons (Fsp3) is 0.588. The molecule has 3 rings (SSSR count). The highest BCUT2D eigenvalue weighted by molar-refractivity contribution is 9.10. The molecular weight excluding hydrogens is 393 g/mol. The topological polar surface area (TPSA) is 71.5 Å². The minimum atomic E-state index is -0.576. The molecule has 0 aromatic carbocycles. The number of pyridine rings is 1. The third-order valence-corrected chi connectivity index (χ3v) is 5.08. The molecule has 1 aromatic heterocycles. The number of amides is 2. The van der Waals surface area contributed by atoms with Crippen LogP contribution in [0.4, 0.5) is 15.0 Å². The Morgan fingerprint density at radius 2 is 2.20 bits per heavy atom. The van der Waals surface area contributed by atoms with E-state index in [-0.39, 0.29) is 28.3 Å². The molecule has 3 unspecified atom stereocenters. The Kier molecular flexibility index (Phi) is 4.99. The van der Waals surface area contributed by atoms with Crippen LogP contribution in [0.3, 0.4) is 0 Å². The fourth-order valence-electron chi connectivity index (χ4n) is 3.15. The zero-order valence-electron chi connectivity index (χ0n) is 14.4. The van der Waals surface area contributed by atoms with Crippen LogP contribution in [-0.4, -0.2) is 40.6 Å². The molecule has 8 heteroatoms. The molecule has 2 fully saturated rings. The first-order chi connectivity index (χ1) is 11.8. The van der Waals surface area contributed by atoms with Crippen LogP contribution in [-0.2, 0) is 9.53 Å². The smallest absolute Gasteiger partial charge is 0.410 e. The number of piperidine rings is 1. The summed E-state index contributed by atoms with van der Waals surface area (Å²) in [6.45, 7) is 5.91. The number of nitrogens with zero attached hydrogens (tertiary/aromatic N) is 2. The highest BCUT2D eigenvalue weighted by Crippen LogP contribution is 2.48. The molecule has 1 N–H and O–H groups in total. The zero-order chi connectivity index (χ0) is 18.3. The van der Waals surface area contributed by atoms with E-state index in [0.29, 0.717) is 24.5 Å². The number of ether oxygens (including phenoxy) is 1. The summed E-state index contributed by atoms with van der Waals surface area (Å²) >= 11 is 3.02. The van der Waals surface area contributed by atoms with Crippen LogP contribution in [0.25, 0.3) is 0 Å². The lowest BCUT2D eigenvalue weighted by Crippen LogP contribution is -2.46. The Labute approximate surface area is 154 Å². The molecule has 1 aliphatic carbocycles. The molecule has 136 valence electrons. The van der Waals surface area contributed by atoms with E-state index in [4.69, 9.17) is 4.74 Å². The first-order valence-electron chi connectivity index (χ1n) is 8.36. The number of aromatic nitrogens is 1. The quantitative estimate of drug-likeness (QED) is 0.766. The van der Waals surface area contributed by atoms with Crippen LogP contribution in [0.2, 0.25) is 0 Å². The third-order valence-electron chi connectivity index (χ3n) is 4.52. The van der Waals surface area contributed by atoms with E-state index in [1.165, 1.54) is 6.07 Å². The predicted octanol–water partition coefficient (Wildman–Crippen LogP) is 3.49. The standard InChI is InChI=1S/C17H21BrFN3O3/c1-8(2)7-25-17(24)22-12-5-10(12)6-13(22)16(23)21-15-9(3)4-11(19)14(18)20-15/h4,8,10,12-13H,5-7H2,1-3H3,(H,20,21,23). The van der Waals surface area contributed by atoms with Gasteiger partial charge in [-0.05, 0) is 59.2 Å². The number of hydrogen-bond donors (Lipinski definition) is 1. The zero-order valence-corrected chi connectivity index (χ0v) is 16.0. The van der Waals surface area contributed by atoms with Crippen LogP contribution in [0.5, 0.6) is 0 Å². The summed E-state index contributed by atoms with van der Waals surface area (Å²) in [5.41, 5.74) is 0.520. The van der Waals surface area contributed by atoms with Crippen molar-refractivity contribution in [2.75, 3.05) is 11.9 Å². The molecule has 1 aromatic rings. The van der Waals surface area contributed by atoms with Crippen LogP contribution in [0.15, 0.2) is 10.7 Å². The monoisotopic (exact) mass is 413 g/mol. The number of fused-ring (bicyclic) bond motifs is 1. The van der Waals surface area contributed by atoms with Crippen molar-refractivity contribution >= 4 is 33.7 Å². The molecule has 0 bridgehead atoms. The molecule has 2 heterocycles. The average molecular weight is 414 g/mol. The second kappa shape index (κ2) is 6.90. The molecule has 3 atom stereocenters. The summed E-state index contributed by atoms with van der Waals surface area (Å²) in [5, 5.41) is 2.71. The van der Waals surface area contributed by atoms with Crippen molar-refractivity contribution in [2.45, 2.75) is 45.7 Å². The second-order valence-corrected chi connectivity index (χ2v) is 7.86. The van der Waals surface area contributed by atoms with Crippen molar-refractivity contribution in [3.05, 3.63) is 22.1 Å². The summed E-state index contributed by atoms with van der Waals surface area (Å²) in [6, 6.07) is 0.811. The van der Waals surface area contributed by atoms with Gasteiger partial charge in [-0.3, -0.25) is 9.69 Å². The lowest BCUT2D eigenvalue weighted by atomic mass is 10.1. The summed E-state index contributed by atoms with van der Waals surface area (Å²) in [6.07, 6.45) is 1.10. The summed E-state index contributed by atoms with van der Waals surface area (Å²) in [7, 11) is 0. The van der Waals surface area contributed by atoms with Gasteiger partial charge in [0.05, 0.1) is 6.61 Å². The second-order valence-electron chi connectivity index (χ2n) is 7.11. The van der Waals surface area contributed by atoms with Gasteiger partial charge in [-0.1, -0.05) is 13.8 Å². The number of carbonyl (C=O) groups excluding carboxylic acids is 2. The summed E-state index contributed by atoms with van der Waals surface area (Å²) in [4.78, 5) is 30.6. The Balaban J connectivity index is 1.71. The number of carbonyl (C=O) groups is 2. The highest BCUT2D eigenvalue weighted by Gasteiger charge is 2.56. The van der Waals surface area contributed by atoms with E-state index in [1.807, 2.05) is 13.8 Å². The van der Waals surface area contributed by atoms with E-state index < -0.39 is 18.0 Å². The third kappa shape index (κ3) is 3.78. The molecule has 6 nitrogen and oxygen atoms in total. The molecular formula is C17H21BrFN3O3. The Morgan fingerprint density at radius 1 is 1.48 bits per heavy atom. The van der Waals surface area contributed by atoms with Gasteiger partial charge in [-0.15, -0.1) is 0 Å². The number of likely N-dealkylation sites (tertiary alicyclic amines) is 1. The molecule has 1 saturated carbocycles. The molecule has 2 amide bonds. The van der Waals surface area contributed by atoms with Crippen LogP contribution in [0, 0.1) is 24.6 Å². The first kappa shape index (κ1) is 18.1. The number of hydrogen-bond acceptors (Lipinski definition) is 4. The SMILES string of the molecule is Cc1cc(F)c(Br)nc1NC(=O)C1CC2CC2N1C(=O)OCC(C)C. The number of halogens is 2. The first-order valence-corrected chi connectivity index (χ1v) is 9.15. The summed E-state index contributed by atoms with van der Waals surface area (Å²) in [5.74, 6) is 0.0715. The van der Waals surface area contributed by atoms with E-state index in [9.17, 15) is 14.0 Å². The van der Waals surface area contributed by atoms with Gasteiger partial charge in [0.2, 0.25) is 5.91 Å². The van der Waals surface area contributed by atoms with E-state index in [2.05, 4.69) is 26.2 Å². The molecule has 25 heavy (non-hydrogen) atoms. The maximum atomic E-state index is 13.5. The minimum absolute atomic E-state index is 0.0378. The Hall–Kier alpha value is -1.70. The van der Waals surface area contributed by atoms with Gasteiger partial charge in [0.1, 0.15) is 16.5 Å². The van der Waals surface area contributed by atoms with Crippen molar-refractivity contribution in [3.8, 4) is 0 Å². The van der Waals surface area contributed by atoms with Crippen molar-refractivity contribution in [1.29, 1.82) is 0 Å². The maximum absolute atomic E-state index is 13.5. The van der Waals surface area contributed by atoms with Crippen molar-refractivity contribution < 1.29 is 18.7 Å².